The van der Waals surface area contributed by atoms with Crippen LogP contribution in [0.1, 0.15) is 57.2 Å². The Labute approximate surface area is 242 Å². The molecule has 1 N–H and O–H groups in total. The molecule has 0 aliphatic carbocycles. The van der Waals surface area contributed by atoms with Crippen LogP contribution < -0.4 is 10.1 Å². The molecule has 39 heavy (non-hydrogen) atoms. The average Bonchev–Trinajstić information content (AvgIpc) is 2.91. The third kappa shape index (κ3) is 9.29. The van der Waals surface area contributed by atoms with Gasteiger partial charge < -0.3 is 15.0 Å². The zero-order valence-corrected chi connectivity index (χ0v) is 24.7. The molecular formula is C32H38Cl2N2O3. The minimum atomic E-state index is -0.738. The Balaban J connectivity index is 1.88. The van der Waals surface area contributed by atoms with Crippen LogP contribution in [0.3, 0.4) is 0 Å². The van der Waals surface area contributed by atoms with Crippen LogP contribution in [0.5, 0.6) is 5.75 Å². The Hall–Kier alpha value is -3.02. The smallest absolute Gasteiger partial charge is 0.261 e. The molecule has 0 aliphatic rings. The summed E-state index contributed by atoms with van der Waals surface area (Å²) in [5, 5.41) is 3.84. The molecule has 5 nitrogen and oxygen atoms in total. The summed E-state index contributed by atoms with van der Waals surface area (Å²) in [7, 11) is 0. The highest BCUT2D eigenvalue weighted by atomic mass is 35.5. The van der Waals surface area contributed by atoms with Gasteiger partial charge in [-0.2, -0.15) is 0 Å². The van der Waals surface area contributed by atoms with Gasteiger partial charge >= 0.3 is 0 Å². The molecule has 7 heteroatoms. The highest BCUT2D eigenvalue weighted by molar-refractivity contribution is 6.42. The molecule has 0 bridgehead atoms. The van der Waals surface area contributed by atoms with Gasteiger partial charge in [-0.05, 0) is 52.8 Å². The van der Waals surface area contributed by atoms with Crippen molar-refractivity contribution in [1.29, 1.82) is 0 Å². The molecule has 0 aliphatic heterocycles. The first kappa shape index (κ1) is 30.5. The number of ether oxygens (including phenoxy) is 1. The first-order chi connectivity index (χ1) is 18.6. The monoisotopic (exact) mass is 568 g/mol. The number of nitrogens with zero attached hydrogens (tertiary/aromatic N) is 1. The van der Waals surface area contributed by atoms with Crippen molar-refractivity contribution in [2.75, 3.05) is 13.2 Å². The van der Waals surface area contributed by atoms with E-state index in [-0.39, 0.29) is 30.4 Å². The molecule has 0 saturated carbocycles. The fourth-order valence-electron chi connectivity index (χ4n) is 4.17. The van der Waals surface area contributed by atoms with Gasteiger partial charge in [-0.3, -0.25) is 9.59 Å². The van der Waals surface area contributed by atoms with Crippen LogP contribution in [0.4, 0.5) is 0 Å². The molecule has 3 rings (SSSR count). The molecule has 0 unspecified atom stereocenters. The van der Waals surface area contributed by atoms with E-state index in [0.29, 0.717) is 28.8 Å². The maximum Gasteiger partial charge on any atom is 0.261 e. The van der Waals surface area contributed by atoms with Crippen LogP contribution in [-0.4, -0.2) is 35.9 Å². The van der Waals surface area contributed by atoms with Crippen molar-refractivity contribution in [3.63, 3.8) is 0 Å². The van der Waals surface area contributed by atoms with Crippen LogP contribution in [0.15, 0.2) is 72.8 Å². The highest BCUT2D eigenvalue weighted by Crippen LogP contribution is 2.26. The lowest BCUT2D eigenvalue weighted by Crippen LogP contribution is -2.51. The molecule has 0 heterocycles. The van der Waals surface area contributed by atoms with Crippen LogP contribution in [0.2, 0.25) is 10.0 Å². The number of carbonyl (C=O) groups is 2. The van der Waals surface area contributed by atoms with Crippen molar-refractivity contribution in [3.8, 4) is 5.75 Å². The lowest BCUT2D eigenvalue weighted by Gasteiger charge is -2.31. The number of benzene rings is 3. The van der Waals surface area contributed by atoms with E-state index < -0.39 is 6.04 Å². The fourth-order valence-corrected chi connectivity index (χ4v) is 4.49. The van der Waals surface area contributed by atoms with E-state index in [1.165, 1.54) is 5.56 Å². The van der Waals surface area contributed by atoms with Crippen LogP contribution in [0, 0.1) is 0 Å². The van der Waals surface area contributed by atoms with Gasteiger partial charge in [-0.1, -0.05) is 106 Å². The van der Waals surface area contributed by atoms with Gasteiger partial charge in [0.1, 0.15) is 11.8 Å². The summed E-state index contributed by atoms with van der Waals surface area (Å²) in [5.41, 5.74) is 2.92. The summed E-state index contributed by atoms with van der Waals surface area (Å²) in [6.07, 6.45) is 2.18. The number of amides is 2. The maximum atomic E-state index is 13.7. The number of halogens is 2. The predicted octanol–water partition coefficient (Wildman–Crippen LogP) is 7.23. The Morgan fingerprint density at radius 3 is 2.23 bits per heavy atom. The molecule has 1 atom stereocenters. The molecular weight excluding hydrogens is 531 g/mol. The van der Waals surface area contributed by atoms with Gasteiger partial charge in [-0.25, -0.2) is 0 Å². The van der Waals surface area contributed by atoms with E-state index in [1.54, 1.807) is 17.0 Å². The Morgan fingerprint density at radius 1 is 0.923 bits per heavy atom. The Kier molecular flexibility index (Phi) is 11.3. The van der Waals surface area contributed by atoms with Crippen molar-refractivity contribution >= 4 is 35.0 Å². The van der Waals surface area contributed by atoms with Gasteiger partial charge in [0.2, 0.25) is 5.91 Å². The standard InChI is InChI=1S/C32H38Cl2N2O3/c1-5-6-18-35-31(38)29(20-23-10-8-7-9-11-23)36(21-24-12-17-27(33)28(34)19-24)30(37)22-39-26-15-13-25(14-16-26)32(2,3)4/h7-17,19,29H,5-6,18,20-22H2,1-4H3,(H,35,38)/t29-/m0/s1. The molecule has 3 aromatic carbocycles. The SMILES string of the molecule is CCCCNC(=O)[C@H](Cc1ccccc1)N(Cc1ccc(Cl)c(Cl)c1)C(=O)COc1ccc(C(C)(C)C)cc1. The summed E-state index contributed by atoms with van der Waals surface area (Å²) in [5.74, 6) is 0.0978. The van der Waals surface area contributed by atoms with Gasteiger partial charge in [0.05, 0.1) is 10.0 Å². The molecule has 3 aromatic rings. The van der Waals surface area contributed by atoms with Gasteiger partial charge in [-0.15, -0.1) is 0 Å². The van der Waals surface area contributed by atoms with E-state index in [2.05, 4.69) is 33.0 Å². The van der Waals surface area contributed by atoms with E-state index in [1.807, 2.05) is 60.7 Å². The molecule has 0 aromatic heterocycles. The van der Waals surface area contributed by atoms with Gasteiger partial charge in [0.15, 0.2) is 6.61 Å². The number of nitrogens with one attached hydrogen (secondary N) is 1. The summed E-state index contributed by atoms with van der Waals surface area (Å²) in [6, 6.07) is 22.0. The van der Waals surface area contributed by atoms with E-state index in [4.69, 9.17) is 27.9 Å². The molecule has 2 amide bonds. The van der Waals surface area contributed by atoms with E-state index in [0.717, 1.165) is 24.0 Å². The van der Waals surface area contributed by atoms with Crippen molar-refractivity contribution in [1.82, 2.24) is 10.2 Å². The van der Waals surface area contributed by atoms with Gasteiger partial charge in [0.25, 0.3) is 5.91 Å². The molecule has 0 fully saturated rings. The number of rotatable bonds is 12. The summed E-state index contributed by atoms with van der Waals surface area (Å²) in [4.78, 5) is 28.8. The van der Waals surface area contributed by atoms with Gasteiger partial charge in [0, 0.05) is 19.5 Å². The molecule has 0 saturated heterocycles. The first-order valence-electron chi connectivity index (χ1n) is 13.4. The second-order valence-corrected chi connectivity index (χ2v) is 11.5. The first-order valence-corrected chi connectivity index (χ1v) is 14.1. The Morgan fingerprint density at radius 2 is 1.62 bits per heavy atom. The van der Waals surface area contributed by atoms with Crippen molar-refractivity contribution in [3.05, 3.63) is 99.5 Å². The molecule has 0 radical (unpaired) electrons. The third-order valence-corrected chi connectivity index (χ3v) is 7.26. The quantitative estimate of drug-likeness (QED) is 0.234. The van der Waals surface area contributed by atoms with Crippen molar-refractivity contribution in [2.24, 2.45) is 0 Å². The number of unbranched alkanes of at least 4 members (excludes halogenated alkanes) is 1. The lowest BCUT2D eigenvalue weighted by atomic mass is 9.87. The van der Waals surface area contributed by atoms with Crippen LogP contribution >= 0.6 is 23.2 Å². The average molecular weight is 570 g/mol. The number of carbonyl (C=O) groups excluding carboxylic acids is 2. The van der Waals surface area contributed by atoms with Crippen LogP contribution in [-0.2, 0) is 28.0 Å². The van der Waals surface area contributed by atoms with Crippen LogP contribution in [0.25, 0.3) is 0 Å². The highest BCUT2D eigenvalue weighted by Gasteiger charge is 2.30. The second kappa shape index (κ2) is 14.4. The minimum Gasteiger partial charge on any atom is -0.484 e. The topological polar surface area (TPSA) is 58.6 Å². The summed E-state index contributed by atoms with van der Waals surface area (Å²) >= 11 is 12.4. The maximum absolute atomic E-state index is 13.7. The van der Waals surface area contributed by atoms with E-state index in [9.17, 15) is 9.59 Å². The lowest BCUT2D eigenvalue weighted by molar-refractivity contribution is -0.142. The Bertz CT molecular complexity index is 1220. The van der Waals surface area contributed by atoms with E-state index >= 15 is 0 Å². The third-order valence-electron chi connectivity index (χ3n) is 6.52. The predicted molar refractivity (Wildman–Crippen MR) is 160 cm³/mol. The molecule has 0 spiro atoms. The molecule has 208 valence electrons. The van der Waals surface area contributed by atoms with Crippen molar-refractivity contribution in [2.45, 2.75) is 65.0 Å². The second-order valence-electron chi connectivity index (χ2n) is 10.7. The number of hydrogen-bond donors (Lipinski definition) is 1. The largest absolute Gasteiger partial charge is 0.484 e. The minimum absolute atomic E-state index is 0.0147. The summed E-state index contributed by atoms with van der Waals surface area (Å²) < 4.78 is 5.91. The zero-order chi connectivity index (χ0) is 28.4. The van der Waals surface area contributed by atoms with Crippen molar-refractivity contribution < 1.29 is 14.3 Å². The zero-order valence-electron chi connectivity index (χ0n) is 23.2. The number of hydrogen-bond acceptors (Lipinski definition) is 3. The summed E-state index contributed by atoms with van der Waals surface area (Å²) in [6.45, 7) is 9.03. The fraction of sp³-hybridized carbons (Fsp3) is 0.375. The normalized spacial score (nSPS) is 12.1.